The van der Waals surface area contributed by atoms with Gasteiger partial charge in [0.25, 0.3) is 0 Å². The van der Waals surface area contributed by atoms with E-state index in [0.717, 1.165) is 17.8 Å². The van der Waals surface area contributed by atoms with Crippen molar-refractivity contribution in [3.8, 4) is 5.75 Å². The number of hydrogen-bond acceptors (Lipinski definition) is 5. The number of anilines is 1. The number of hydrogen-bond donors (Lipinski definition) is 3. The first kappa shape index (κ1) is 24.1. The SMILES string of the molecule is CCSCC(O)(C(Nc1cccc2nc(C)ccc12)c1ccc(F)c(O)c1F)C(F)(F)F. The van der Waals surface area contributed by atoms with Crippen LogP contribution in [-0.4, -0.2) is 38.5 Å². The molecule has 2 unspecified atom stereocenters. The second kappa shape index (κ2) is 9.11. The van der Waals surface area contributed by atoms with Crippen LogP contribution in [0.4, 0.5) is 27.6 Å². The van der Waals surface area contributed by atoms with Crippen LogP contribution in [0.25, 0.3) is 10.9 Å². The molecule has 2 aromatic carbocycles. The van der Waals surface area contributed by atoms with Crippen LogP contribution in [0.5, 0.6) is 5.75 Å². The average molecular weight is 472 g/mol. The number of aromatic hydroxyl groups is 1. The Morgan fingerprint density at radius 2 is 1.81 bits per heavy atom. The number of pyridine rings is 1. The average Bonchev–Trinajstić information content (AvgIpc) is 2.73. The minimum absolute atomic E-state index is 0.160. The molecule has 0 radical (unpaired) electrons. The molecule has 0 saturated carbocycles. The third-order valence-corrected chi connectivity index (χ3v) is 6.13. The van der Waals surface area contributed by atoms with Gasteiger partial charge < -0.3 is 15.5 Å². The Balaban J connectivity index is 2.23. The molecule has 1 aromatic heterocycles. The Morgan fingerprint density at radius 1 is 1.09 bits per heavy atom. The smallest absolute Gasteiger partial charge is 0.420 e. The van der Waals surface area contributed by atoms with E-state index in [4.69, 9.17) is 0 Å². The van der Waals surface area contributed by atoms with Gasteiger partial charge in [0.15, 0.2) is 23.0 Å². The number of aryl methyl sites for hydroxylation is 1. The Morgan fingerprint density at radius 3 is 2.47 bits per heavy atom. The van der Waals surface area contributed by atoms with E-state index < -0.39 is 46.5 Å². The predicted octanol–water partition coefficient (Wildman–Crippen LogP) is 5.73. The van der Waals surface area contributed by atoms with E-state index >= 15 is 0 Å². The highest BCUT2D eigenvalue weighted by Gasteiger charge is 2.59. The second-order valence-electron chi connectivity index (χ2n) is 7.26. The summed E-state index contributed by atoms with van der Waals surface area (Å²) in [5, 5.41) is 23.6. The zero-order chi connectivity index (χ0) is 23.7. The van der Waals surface area contributed by atoms with Crippen molar-refractivity contribution in [2.45, 2.75) is 31.7 Å². The molecule has 0 bridgehead atoms. The van der Waals surface area contributed by atoms with Crippen molar-refractivity contribution < 1.29 is 32.2 Å². The zero-order valence-electron chi connectivity index (χ0n) is 17.2. The number of alkyl halides is 3. The van der Waals surface area contributed by atoms with Gasteiger partial charge in [-0.2, -0.15) is 24.9 Å². The molecule has 0 aliphatic rings. The lowest BCUT2D eigenvalue weighted by molar-refractivity contribution is -0.256. The maximum atomic E-state index is 14.8. The van der Waals surface area contributed by atoms with E-state index in [1.54, 1.807) is 38.1 Å². The van der Waals surface area contributed by atoms with Crippen molar-refractivity contribution in [2.24, 2.45) is 0 Å². The first-order valence-electron chi connectivity index (χ1n) is 9.66. The van der Waals surface area contributed by atoms with Gasteiger partial charge >= 0.3 is 6.18 Å². The molecular weight excluding hydrogens is 451 g/mol. The van der Waals surface area contributed by atoms with Gasteiger partial charge in [0.1, 0.15) is 0 Å². The highest BCUT2D eigenvalue weighted by molar-refractivity contribution is 7.99. The van der Waals surface area contributed by atoms with Crippen molar-refractivity contribution in [3.63, 3.8) is 0 Å². The van der Waals surface area contributed by atoms with Gasteiger partial charge in [0.2, 0.25) is 0 Å². The molecule has 0 fully saturated rings. The molecule has 4 nitrogen and oxygen atoms in total. The summed E-state index contributed by atoms with van der Waals surface area (Å²) in [5.74, 6) is -4.88. The molecule has 0 saturated heterocycles. The summed E-state index contributed by atoms with van der Waals surface area (Å²) in [6.45, 7) is 3.37. The van der Waals surface area contributed by atoms with Gasteiger partial charge in [-0.25, -0.2) is 8.78 Å². The lowest BCUT2D eigenvalue weighted by Gasteiger charge is -2.39. The molecular formula is C22H21F5N2O2S. The normalized spacial score (nSPS) is 14.9. The molecule has 3 N–H and O–H groups in total. The van der Waals surface area contributed by atoms with Crippen LogP contribution < -0.4 is 5.32 Å². The van der Waals surface area contributed by atoms with E-state index in [1.165, 1.54) is 6.07 Å². The summed E-state index contributed by atoms with van der Waals surface area (Å²) >= 11 is 0.813. The first-order chi connectivity index (χ1) is 15.0. The summed E-state index contributed by atoms with van der Waals surface area (Å²) < 4.78 is 70.9. The lowest BCUT2D eigenvalue weighted by Crippen LogP contribution is -2.55. The molecule has 3 rings (SSSR count). The topological polar surface area (TPSA) is 65.4 Å². The quantitative estimate of drug-likeness (QED) is 0.384. The number of phenols is 1. The van der Waals surface area contributed by atoms with Crippen molar-refractivity contribution >= 4 is 28.4 Å². The van der Waals surface area contributed by atoms with Crippen molar-refractivity contribution in [1.82, 2.24) is 4.98 Å². The number of fused-ring (bicyclic) bond motifs is 1. The van der Waals surface area contributed by atoms with Gasteiger partial charge in [-0.1, -0.05) is 19.1 Å². The van der Waals surface area contributed by atoms with Crippen LogP contribution in [0.1, 0.15) is 24.2 Å². The van der Waals surface area contributed by atoms with E-state index in [9.17, 15) is 32.2 Å². The Bertz CT molecular complexity index is 1130. The molecule has 2 atom stereocenters. The number of phenolic OH excluding ortho intramolecular Hbond substituents is 1. The number of nitrogens with one attached hydrogen (secondary N) is 1. The third-order valence-electron chi connectivity index (χ3n) is 5.07. The Hall–Kier alpha value is -2.59. The third kappa shape index (κ3) is 4.47. The molecule has 3 aromatic rings. The van der Waals surface area contributed by atoms with Crippen molar-refractivity contribution in [1.29, 1.82) is 0 Å². The molecule has 10 heteroatoms. The number of thioether (sulfide) groups is 1. The van der Waals surface area contributed by atoms with Gasteiger partial charge in [0.05, 0.1) is 11.6 Å². The van der Waals surface area contributed by atoms with Gasteiger partial charge in [0, 0.05) is 28.1 Å². The molecule has 32 heavy (non-hydrogen) atoms. The van der Waals surface area contributed by atoms with Crippen LogP contribution >= 0.6 is 11.8 Å². The monoisotopic (exact) mass is 472 g/mol. The highest BCUT2D eigenvalue weighted by atomic mass is 32.2. The fourth-order valence-electron chi connectivity index (χ4n) is 3.36. The minimum Gasteiger partial charge on any atom is -0.503 e. The number of aromatic nitrogens is 1. The van der Waals surface area contributed by atoms with Crippen molar-refractivity contribution in [2.75, 3.05) is 16.8 Å². The first-order valence-corrected chi connectivity index (χ1v) is 10.8. The number of nitrogens with zero attached hydrogens (tertiary/aromatic N) is 1. The predicted molar refractivity (Wildman–Crippen MR) is 115 cm³/mol. The fraction of sp³-hybridized carbons (Fsp3) is 0.318. The maximum absolute atomic E-state index is 14.8. The Kier molecular flexibility index (Phi) is 6.85. The van der Waals surface area contributed by atoms with Gasteiger partial charge in [-0.15, -0.1) is 0 Å². The van der Waals surface area contributed by atoms with Gasteiger partial charge in [-0.05, 0) is 43.0 Å². The van der Waals surface area contributed by atoms with Crippen LogP contribution in [0.15, 0.2) is 42.5 Å². The largest absolute Gasteiger partial charge is 0.503 e. The minimum atomic E-state index is -5.18. The number of benzene rings is 2. The summed E-state index contributed by atoms with van der Waals surface area (Å²) in [5.41, 5.74) is -2.84. The molecule has 0 spiro atoms. The van der Waals surface area contributed by atoms with Crippen LogP contribution in [0.2, 0.25) is 0 Å². The summed E-state index contributed by atoms with van der Waals surface area (Å²) in [7, 11) is 0. The van der Waals surface area contributed by atoms with E-state index in [2.05, 4.69) is 10.3 Å². The molecule has 172 valence electrons. The number of aliphatic hydroxyl groups is 1. The molecule has 0 amide bonds. The molecule has 1 heterocycles. The van der Waals surface area contributed by atoms with Crippen LogP contribution in [0, 0.1) is 18.6 Å². The zero-order valence-corrected chi connectivity index (χ0v) is 18.0. The molecule has 0 aliphatic heterocycles. The van der Waals surface area contributed by atoms with Crippen molar-refractivity contribution in [3.05, 3.63) is 65.4 Å². The summed E-state index contributed by atoms with van der Waals surface area (Å²) in [4.78, 5) is 4.33. The van der Waals surface area contributed by atoms with E-state index in [1.807, 2.05) is 0 Å². The molecule has 0 aliphatic carbocycles. The summed E-state index contributed by atoms with van der Waals surface area (Å²) in [6, 6.07) is 7.33. The number of rotatable bonds is 7. The fourth-order valence-corrected chi connectivity index (χ4v) is 4.20. The lowest BCUT2D eigenvalue weighted by atomic mass is 9.88. The highest BCUT2D eigenvalue weighted by Crippen LogP contribution is 2.46. The van der Waals surface area contributed by atoms with Gasteiger partial charge in [-0.3, -0.25) is 4.98 Å². The Labute approximate surface area is 185 Å². The summed E-state index contributed by atoms with van der Waals surface area (Å²) in [6.07, 6.45) is -5.18. The standard InChI is InChI=1S/C22H21F5N2O2S/c1-3-32-11-21(31,22(25,26)27)20(14-9-10-15(23)19(30)18(14)24)29-17-6-4-5-16-13(17)8-7-12(2)28-16/h4-10,20,29-31H,3,11H2,1-2H3. The van der Waals surface area contributed by atoms with E-state index in [-0.39, 0.29) is 11.4 Å². The maximum Gasteiger partial charge on any atom is 0.420 e. The second-order valence-corrected chi connectivity index (χ2v) is 8.53. The number of halogens is 5. The van der Waals surface area contributed by atoms with Crippen LogP contribution in [-0.2, 0) is 0 Å². The van der Waals surface area contributed by atoms with E-state index in [0.29, 0.717) is 22.7 Å². The van der Waals surface area contributed by atoms with Crippen LogP contribution in [0.3, 0.4) is 0 Å².